The second-order valence-electron chi connectivity index (χ2n) is 5.24. The fourth-order valence-corrected chi connectivity index (χ4v) is 3.65. The van der Waals surface area contributed by atoms with E-state index in [1.54, 1.807) is 24.3 Å². The van der Waals surface area contributed by atoms with Crippen molar-refractivity contribution >= 4 is 10.0 Å². The minimum Gasteiger partial charge on any atom is -0.207 e. The molecule has 1 aliphatic rings. The molecule has 110 valence electrons. The van der Waals surface area contributed by atoms with Gasteiger partial charge >= 0.3 is 0 Å². The third-order valence-electron chi connectivity index (χ3n) is 3.76. The number of hydrogen-bond donors (Lipinski definition) is 1. The highest BCUT2D eigenvalue weighted by Gasteiger charge is 2.18. The molecule has 2 aromatic rings. The van der Waals surface area contributed by atoms with Gasteiger partial charge in [0.15, 0.2) is 0 Å². The summed E-state index contributed by atoms with van der Waals surface area (Å²) in [4.78, 5) is 0.297. The molecule has 2 aromatic carbocycles. The van der Waals surface area contributed by atoms with Gasteiger partial charge in [0.25, 0.3) is 0 Å². The molecular formula is C16H16FNO2S. The fourth-order valence-electron chi connectivity index (χ4n) is 2.58. The van der Waals surface area contributed by atoms with E-state index < -0.39 is 10.0 Å². The Kier molecular flexibility index (Phi) is 3.78. The van der Waals surface area contributed by atoms with E-state index in [-0.39, 0.29) is 12.4 Å². The minimum atomic E-state index is -3.53. The van der Waals surface area contributed by atoms with E-state index in [9.17, 15) is 12.8 Å². The molecular weight excluding hydrogens is 289 g/mol. The first-order valence-electron chi connectivity index (χ1n) is 6.90. The van der Waals surface area contributed by atoms with Gasteiger partial charge in [-0.1, -0.05) is 18.2 Å². The van der Waals surface area contributed by atoms with Gasteiger partial charge in [0.2, 0.25) is 10.0 Å². The van der Waals surface area contributed by atoms with Crippen LogP contribution in [0.3, 0.4) is 0 Å². The van der Waals surface area contributed by atoms with Crippen molar-refractivity contribution in [1.82, 2.24) is 4.72 Å². The number of benzene rings is 2. The molecule has 0 unspecified atom stereocenters. The maximum atomic E-state index is 12.8. The second kappa shape index (κ2) is 5.58. The summed E-state index contributed by atoms with van der Waals surface area (Å²) in [5, 5.41) is 0. The molecule has 21 heavy (non-hydrogen) atoms. The number of nitrogens with one attached hydrogen (secondary N) is 1. The lowest BCUT2D eigenvalue weighted by Crippen LogP contribution is -2.23. The number of halogens is 1. The zero-order valence-electron chi connectivity index (χ0n) is 11.5. The van der Waals surface area contributed by atoms with Crippen molar-refractivity contribution in [2.24, 2.45) is 0 Å². The molecule has 3 nitrogen and oxygen atoms in total. The van der Waals surface area contributed by atoms with Crippen LogP contribution in [0.2, 0.25) is 0 Å². The Balaban J connectivity index is 1.76. The standard InChI is InChI=1S/C16H16FNO2S/c17-15-7-4-12(5-8-15)11-18-21(19,20)16-9-6-13-2-1-3-14(13)10-16/h4-10,18H,1-3,11H2. The largest absolute Gasteiger partial charge is 0.240 e. The van der Waals surface area contributed by atoms with Gasteiger partial charge in [-0.2, -0.15) is 0 Å². The van der Waals surface area contributed by atoms with Crippen molar-refractivity contribution in [2.75, 3.05) is 0 Å². The Morgan fingerprint density at radius 2 is 1.71 bits per heavy atom. The Morgan fingerprint density at radius 3 is 2.48 bits per heavy atom. The van der Waals surface area contributed by atoms with E-state index in [2.05, 4.69) is 4.72 Å². The number of hydrogen-bond acceptors (Lipinski definition) is 2. The third kappa shape index (κ3) is 3.14. The van der Waals surface area contributed by atoms with Crippen LogP contribution in [-0.4, -0.2) is 8.42 Å². The Bertz CT molecular complexity index is 754. The van der Waals surface area contributed by atoms with Crippen molar-refractivity contribution in [1.29, 1.82) is 0 Å². The number of rotatable bonds is 4. The van der Waals surface area contributed by atoms with E-state index >= 15 is 0 Å². The van der Waals surface area contributed by atoms with E-state index in [4.69, 9.17) is 0 Å². The highest BCUT2D eigenvalue weighted by atomic mass is 32.2. The Hall–Kier alpha value is -1.72. The molecule has 0 spiro atoms. The number of sulfonamides is 1. The van der Waals surface area contributed by atoms with Crippen LogP contribution < -0.4 is 4.72 Å². The maximum absolute atomic E-state index is 12.8. The highest BCUT2D eigenvalue weighted by molar-refractivity contribution is 7.89. The Morgan fingerprint density at radius 1 is 1.00 bits per heavy atom. The predicted octanol–water partition coefficient (Wildman–Crippen LogP) is 2.79. The van der Waals surface area contributed by atoms with Gasteiger partial charge in [-0.25, -0.2) is 17.5 Å². The van der Waals surface area contributed by atoms with Crippen LogP contribution in [0, 0.1) is 5.82 Å². The second-order valence-corrected chi connectivity index (χ2v) is 7.00. The summed E-state index contributed by atoms with van der Waals surface area (Å²) in [6, 6.07) is 11.1. The molecule has 0 bridgehead atoms. The monoisotopic (exact) mass is 305 g/mol. The highest BCUT2D eigenvalue weighted by Crippen LogP contribution is 2.24. The Labute approximate surface area is 123 Å². The molecule has 5 heteroatoms. The zero-order chi connectivity index (χ0) is 14.9. The summed E-state index contributed by atoms with van der Waals surface area (Å²) in [6.07, 6.45) is 3.05. The van der Waals surface area contributed by atoms with Crippen molar-refractivity contribution in [3.05, 3.63) is 65.0 Å². The van der Waals surface area contributed by atoms with Crippen LogP contribution in [0.25, 0.3) is 0 Å². The van der Waals surface area contributed by atoms with Gasteiger partial charge in [0.1, 0.15) is 5.82 Å². The quantitative estimate of drug-likeness (QED) is 0.944. The lowest BCUT2D eigenvalue weighted by atomic mass is 10.1. The number of aryl methyl sites for hydroxylation is 2. The van der Waals surface area contributed by atoms with Gasteiger partial charge in [0.05, 0.1) is 4.90 Å². The van der Waals surface area contributed by atoms with E-state index in [1.807, 2.05) is 6.07 Å². The molecule has 1 aliphatic carbocycles. The lowest BCUT2D eigenvalue weighted by Gasteiger charge is -2.08. The molecule has 3 rings (SSSR count). The van der Waals surface area contributed by atoms with Gasteiger partial charge in [-0.05, 0) is 60.2 Å². The van der Waals surface area contributed by atoms with E-state index in [1.165, 1.54) is 17.7 Å². The molecule has 0 aromatic heterocycles. The summed E-state index contributed by atoms with van der Waals surface area (Å²) >= 11 is 0. The average Bonchev–Trinajstić information content (AvgIpc) is 2.94. The molecule has 0 atom stereocenters. The maximum Gasteiger partial charge on any atom is 0.240 e. The molecule has 0 saturated carbocycles. The number of fused-ring (bicyclic) bond motifs is 1. The molecule has 0 fully saturated rings. The van der Waals surface area contributed by atoms with Gasteiger partial charge in [0, 0.05) is 6.54 Å². The van der Waals surface area contributed by atoms with Gasteiger partial charge in [-0.3, -0.25) is 0 Å². The molecule has 0 heterocycles. The van der Waals surface area contributed by atoms with Crippen LogP contribution in [0.1, 0.15) is 23.1 Å². The summed E-state index contributed by atoms with van der Waals surface area (Å²) in [6.45, 7) is 0.152. The van der Waals surface area contributed by atoms with Crippen molar-refractivity contribution in [2.45, 2.75) is 30.7 Å². The lowest BCUT2D eigenvalue weighted by molar-refractivity contribution is 0.581. The minimum absolute atomic E-state index is 0.152. The molecule has 0 aliphatic heterocycles. The fraction of sp³-hybridized carbons (Fsp3) is 0.250. The van der Waals surface area contributed by atoms with Crippen LogP contribution >= 0.6 is 0 Å². The predicted molar refractivity (Wildman–Crippen MR) is 78.9 cm³/mol. The first-order valence-corrected chi connectivity index (χ1v) is 8.39. The van der Waals surface area contributed by atoms with Crippen LogP contribution in [0.4, 0.5) is 4.39 Å². The molecule has 0 radical (unpaired) electrons. The SMILES string of the molecule is O=S(=O)(NCc1ccc(F)cc1)c1ccc2c(c1)CCC2. The van der Waals surface area contributed by atoms with Crippen molar-refractivity contribution in [3.8, 4) is 0 Å². The summed E-state index contributed by atoms with van der Waals surface area (Å²) in [7, 11) is -3.53. The van der Waals surface area contributed by atoms with E-state index in [0.29, 0.717) is 4.90 Å². The average molecular weight is 305 g/mol. The van der Waals surface area contributed by atoms with Gasteiger partial charge in [-0.15, -0.1) is 0 Å². The smallest absolute Gasteiger partial charge is 0.207 e. The van der Waals surface area contributed by atoms with E-state index in [0.717, 1.165) is 30.4 Å². The van der Waals surface area contributed by atoms with Gasteiger partial charge < -0.3 is 0 Å². The van der Waals surface area contributed by atoms with Crippen LogP contribution in [-0.2, 0) is 29.4 Å². The van der Waals surface area contributed by atoms with Crippen molar-refractivity contribution < 1.29 is 12.8 Å². The first kappa shape index (κ1) is 14.2. The third-order valence-corrected chi connectivity index (χ3v) is 5.16. The van der Waals surface area contributed by atoms with Crippen molar-refractivity contribution in [3.63, 3.8) is 0 Å². The zero-order valence-corrected chi connectivity index (χ0v) is 12.3. The topological polar surface area (TPSA) is 46.2 Å². The normalized spacial score (nSPS) is 14.1. The summed E-state index contributed by atoms with van der Waals surface area (Å²) < 4.78 is 39.9. The first-order chi connectivity index (χ1) is 10.0. The van der Waals surface area contributed by atoms with Crippen LogP contribution in [0.5, 0.6) is 0 Å². The molecule has 1 N–H and O–H groups in total. The van der Waals surface area contributed by atoms with Crippen LogP contribution in [0.15, 0.2) is 47.4 Å². The summed E-state index contributed by atoms with van der Waals surface area (Å²) in [5.41, 5.74) is 3.09. The molecule has 0 amide bonds. The molecule has 0 saturated heterocycles. The summed E-state index contributed by atoms with van der Waals surface area (Å²) in [5.74, 6) is -0.333.